The van der Waals surface area contributed by atoms with Crippen LogP contribution in [-0.2, 0) is 26.0 Å². The molecule has 2 aromatic carbocycles. The normalized spacial score (nSPS) is 12.9. The average Bonchev–Trinajstić information content (AvgIpc) is 3.58. The van der Waals surface area contributed by atoms with Crippen LogP contribution in [0.15, 0.2) is 76.3 Å². The highest BCUT2D eigenvalue weighted by Crippen LogP contribution is 2.40. The van der Waals surface area contributed by atoms with Crippen LogP contribution in [0.4, 0.5) is 5.00 Å². The van der Waals surface area contributed by atoms with Crippen LogP contribution in [-0.4, -0.2) is 18.7 Å². The summed E-state index contributed by atoms with van der Waals surface area (Å²) >= 11 is 1.62. The molecule has 0 bridgehead atoms. The summed E-state index contributed by atoms with van der Waals surface area (Å²) in [6.07, 6.45) is 7.55. The number of hydrogen-bond acceptors (Lipinski definition) is 6. The van der Waals surface area contributed by atoms with Gasteiger partial charge in [0.1, 0.15) is 17.4 Å². The van der Waals surface area contributed by atoms with Crippen molar-refractivity contribution in [1.82, 2.24) is 5.32 Å². The second-order valence-corrected chi connectivity index (χ2v) is 9.91. The number of furan rings is 1. The van der Waals surface area contributed by atoms with Crippen molar-refractivity contribution in [3.63, 3.8) is 0 Å². The van der Waals surface area contributed by atoms with Crippen LogP contribution in [0.2, 0.25) is 0 Å². The summed E-state index contributed by atoms with van der Waals surface area (Å²) < 4.78 is 17.3. The lowest BCUT2D eigenvalue weighted by Gasteiger charge is -2.13. The first kappa shape index (κ1) is 24.8. The zero-order chi connectivity index (χ0) is 25.5. The first-order valence-electron chi connectivity index (χ1n) is 12.6. The fraction of sp³-hybridized carbons (Fsp3) is 0.267. The summed E-state index contributed by atoms with van der Waals surface area (Å²) in [5.41, 5.74) is 3.80. The molecule has 6 nitrogen and oxygen atoms in total. The van der Waals surface area contributed by atoms with Crippen LogP contribution in [0, 0.1) is 0 Å². The number of amides is 1. The third-order valence-corrected chi connectivity index (χ3v) is 7.42. The van der Waals surface area contributed by atoms with E-state index in [0.717, 1.165) is 53.1 Å². The summed E-state index contributed by atoms with van der Waals surface area (Å²) in [6, 6.07) is 19.5. The van der Waals surface area contributed by atoms with E-state index in [1.165, 1.54) is 4.88 Å². The minimum atomic E-state index is -0.109. The van der Waals surface area contributed by atoms with Crippen LogP contribution in [0.25, 0.3) is 0 Å². The summed E-state index contributed by atoms with van der Waals surface area (Å²) in [7, 11) is 0. The third kappa shape index (κ3) is 6.12. The second kappa shape index (κ2) is 11.9. The van der Waals surface area contributed by atoms with Crippen molar-refractivity contribution in [2.24, 2.45) is 4.99 Å². The molecule has 0 atom stereocenters. The molecule has 0 radical (unpaired) electrons. The molecule has 190 valence electrons. The smallest absolute Gasteiger partial charge is 0.255 e. The Kier molecular flexibility index (Phi) is 8.01. The van der Waals surface area contributed by atoms with Crippen LogP contribution in [0.3, 0.4) is 0 Å². The molecule has 1 N–H and O–H groups in total. The number of nitrogens with one attached hydrogen (secondary N) is 1. The molecule has 0 fully saturated rings. The fourth-order valence-electron chi connectivity index (χ4n) is 4.41. The Bertz CT molecular complexity index is 1360. The van der Waals surface area contributed by atoms with Crippen LogP contribution < -0.4 is 14.8 Å². The maximum Gasteiger partial charge on any atom is 0.255 e. The number of carbonyl (C=O) groups is 1. The second-order valence-electron chi connectivity index (χ2n) is 8.82. The zero-order valence-corrected chi connectivity index (χ0v) is 21.7. The SMILES string of the molecule is CCOc1cc(C=Nc2sc3c(c2C(=O)NCc2ccco2)CCCC3)ccc1OCc1ccccc1. The Morgan fingerprint density at radius 1 is 1.05 bits per heavy atom. The molecule has 4 aromatic rings. The van der Waals surface area contributed by atoms with Crippen molar-refractivity contribution in [3.8, 4) is 11.5 Å². The average molecular weight is 515 g/mol. The van der Waals surface area contributed by atoms with Gasteiger partial charge in [-0.1, -0.05) is 30.3 Å². The molecule has 1 aliphatic carbocycles. The van der Waals surface area contributed by atoms with Crippen molar-refractivity contribution in [2.75, 3.05) is 6.61 Å². The molecule has 2 heterocycles. The molecular weight excluding hydrogens is 484 g/mol. The molecular formula is C30H30N2O4S. The number of rotatable bonds is 10. The summed E-state index contributed by atoms with van der Waals surface area (Å²) in [6.45, 7) is 3.29. The van der Waals surface area contributed by atoms with Gasteiger partial charge in [-0.05, 0) is 79.6 Å². The molecule has 1 amide bonds. The van der Waals surface area contributed by atoms with Gasteiger partial charge < -0.3 is 19.2 Å². The molecule has 1 aliphatic rings. The van der Waals surface area contributed by atoms with Gasteiger partial charge >= 0.3 is 0 Å². The maximum absolute atomic E-state index is 13.2. The Hall–Kier alpha value is -3.84. The van der Waals surface area contributed by atoms with Gasteiger partial charge in [0.25, 0.3) is 5.91 Å². The van der Waals surface area contributed by atoms with E-state index in [-0.39, 0.29) is 5.91 Å². The lowest BCUT2D eigenvalue weighted by Crippen LogP contribution is -2.23. The van der Waals surface area contributed by atoms with Crippen LogP contribution in [0.5, 0.6) is 11.5 Å². The summed E-state index contributed by atoms with van der Waals surface area (Å²) in [5, 5.41) is 3.74. The van der Waals surface area contributed by atoms with Crippen molar-refractivity contribution in [2.45, 2.75) is 45.8 Å². The first-order chi connectivity index (χ1) is 18.2. The fourth-order valence-corrected chi connectivity index (χ4v) is 5.64. The zero-order valence-electron chi connectivity index (χ0n) is 20.9. The van der Waals surface area contributed by atoms with Gasteiger partial charge in [0.15, 0.2) is 11.5 Å². The number of nitrogens with zero attached hydrogens (tertiary/aromatic N) is 1. The van der Waals surface area contributed by atoms with Crippen LogP contribution >= 0.6 is 11.3 Å². The number of benzene rings is 2. The molecule has 5 rings (SSSR count). The Labute approximate surface area is 221 Å². The van der Waals surface area contributed by atoms with Crippen molar-refractivity contribution in [1.29, 1.82) is 0 Å². The largest absolute Gasteiger partial charge is 0.490 e. The Balaban J connectivity index is 1.36. The van der Waals surface area contributed by atoms with E-state index in [1.807, 2.05) is 67.6 Å². The Morgan fingerprint density at radius 2 is 1.92 bits per heavy atom. The first-order valence-corrected chi connectivity index (χ1v) is 13.5. The highest BCUT2D eigenvalue weighted by atomic mass is 32.1. The lowest BCUT2D eigenvalue weighted by molar-refractivity contribution is 0.0948. The van der Waals surface area contributed by atoms with E-state index in [1.54, 1.807) is 23.8 Å². The van der Waals surface area contributed by atoms with E-state index < -0.39 is 0 Å². The van der Waals surface area contributed by atoms with Gasteiger partial charge in [0.05, 0.1) is 25.0 Å². The standard InChI is InChI=1S/C30H30N2O4S/c1-2-34-26-17-22(14-15-25(26)36-20-21-9-4-3-5-10-21)18-32-30-28(24-12-6-7-13-27(24)37-30)29(33)31-19-23-11-8-16-35-23/h3-5,8-11,14-18H,2,6-7,12-13,19-20H2,1H3,(H,31,33). The van der Waals surface area contributed by atoms with E-state index >= 15 is 0 Å². The van der Waals surface area contributed by atoms with Gasteiger partial charge in [-0.3, -0.25) is 4.79 Å². The van der Waals surface area contributed by atoms with Gasteiger partial charge in [-0.25, -0.2) is 4.99 Å². The molecule has 37 heavy (non-hydrogen) atoms. The number of ether oxygens (including phenoxy) is 2. The van der Waals surface area contributed by atoms with Crippen molar-refractivity contribution >= 4 is 28.5 Å². The third-order valence-electron chi connectivity index (χ3n) is 6.22. The van der Waals surface area contributed by atoms with Gasteiger partial charge in [0, 0.05) is 11.1 Å². The number of hydrogen-bond donors (Lipinski definition) is 1. The maximum atomic E-state index is 13.2. The van der Waals surface area contributed by atoms with E-state index in [0.29, 0.717) is 36.8 Å². The highest BCUT2D eigenvalue weighted by Gasteiger charge is 2.25. The van der Waals surface area contributed by atoms with Gasteiger partial charge in [0.2, 0.25) is 0 Å². The van der Waals surface area contributed by atoms with E-state index in [4.69, 9.17) is 18.9 Å². The van der Waals surface area contributed by atoms with E-state index in [9.17, 15) is 4.79 Å². The van der Waals surface area contributed by atoms with Crippen molar-refractivity contribution < 1.29 is 18.7 Å². The molecule has 2 aromatic heterocycles. The predicted molar refractivity (Wildman–Crippen MR) is 146 cm³/mol. The van der Waals surface area contributed by atoms with Crippen molar-refractivity contribution in [3.05, 3.63) is 99.8 Å². The number of aryl methyl sites for hydroxylation is 1. The Morgan fingerprint density at radius 3 is 2.73 bits per heavy atom. The van der Waals surface area contributed by atoms with Gasteiger partial charge in [-0.2, -0.15) is 0 Å². The lowest BCUT2D eigenvalue weighted by atomic mass is 9.95. The monoisotopic (exact) mass is 514 g/mol. The van der Waals surface area contributed by atoms with Crippen LogP contribution in [0.1, 0.15) is 57.5 Å². The summed E-state index contributed by atoms with van der Waals surface area (Å²) in [5.74, 6) is 1.97. The molecule has 0 saturated heterocycles. The van der Waals surface area contributed by atoms with E-state index in [2.05, 4.69) is 5.32 Å². The minimum absolute atomic E-state index is 0.109. The number of carbonyl (C=O) groups excluding carboxylic acids is 1. The topological polar surface area (TPSA) is 73.1 Å². The molecule has 0 unspecified atom stereocenters. The quantitative estimate of drug-likeness (QED) is 0.234. The predicted octanol–water partition coefficient (Wildman–Crippen LogP) is 6.88. The molecule has 7 heteroatoms. The molecule has 0 spiro atoms. The number of fused-ring (bicyclic) bond motifs is 1. The highest BCUT2D eigenvalue weighted by molar-refractivity contribution is 7.16. The minimum Gasteiger partial charge on any atom is -0.490 e. The van der Waals surface area contributed by atoms with Gasteiger partial charge in [-0.15, -0.1) is 11.3 Å². The number of thiophene rings is 1. The number of aliphatic imine (C=N–C) groups is 1. The summed E-state index contributed by atoms with van der Waals surface area (Å²) in [4.78, 5) is 19.3. The molecule has 0 aliphatic heterocycles. The molecule has 0 saturated carbocycles.